The first kappa shape index (κ1) is 13.9. The van der Waals surface area contributed by atoms with Crippen molar-refractivity contribution in [2.24, 2.45) is 0 Å². The van der Waals surface area contributed by atoms with Gasteiger partial charge in [-0.25, -0.2) is 4.98 Å². The van der Waals surface area contributed by atoms with Gasteiger partial charge in [-0.2, -0.15) is 13.2 Å². The van der Waals surface area contributed by atoms with Crippen molar-refractivity contribution in [3.05, 3.63) is 30.0 Å². The lowest BCUT2D eigenvalue weighted by atomic mass is 10.1. The molecule has 0 unspecified atom stereocenters. The molecule has 112 valence electrons. The molecule has 0 spiro atoms. The van der Waals surface area contributed by atoms with E-state index >= 15 is 0 Å². The Hall–Kier alpha value is -2.02. The maximum atomic E-state index is 12.7. The van der Waals surface area contributed by atoms with Crippen LogP contribution in [-0.2, 0) is 10.9 Å². The van der Waals surface area contributed by atoms with Crippen LogP contribution in [0.15, 0.2) is 24.3 Å². The van der Waals surface area contributed by atoms with Crippen molar-refractivity contribution < 1.29 is 17.9 Å². The Morgan fingerprint density at radius 1 is 1.14 bits per heavy atom. The molecule has 21 heavy (non-hydrogen) atoms. The first-order chi connectivity index (χ1) is 9.95. The number of hydrogen-bond acceptors (Lipinski definition) is 4. The number of aromatic nitrogens is 1. The van der Waals surface area contributed by atoms with Crippen molar-refractivity contribution in [2.75, 3.05) is 36.9 Å². The molecule has 1 aromatic carbocycles. The van der Waals surface area contributed by atoms with E-state index in [1.807, 2.05) is 0 Å². The number of halogens is 3. The zero-order valence-electron chi connectivity index (χ0n) is 11.2. The van der Waals surface area contributed by atoms with Gasteiger partial charge in [0.1, 0.15) is 5.69 Å². The summed E-state index contributed by atoms with van der Waals surface area (Å²) >= 11 is 0. The quantitative estimate of drug-likeness (QED) is 0.879. The van der Waals surface area contributed by atoms with E-state index in [0.29, 0.717) is 18.6 Å². The molecule has 0 bridgehead atoms. The van der Waals surface area contributed by atoms with E-state index in [2.05, 4.69) is 9.88 Å². The number of nitrogens with two attached hydrogens (primary N) is 1. The minimum absolute atomic E-state index is 0.0856. The van der Waals surface area contributed by atoms with E-state index in [9.17, 15) is 13.2 Å². The second-order valence-corrected chi connectivity index (χ2v) is 4.90. The highest BCUT2D eigenvalue weighted by atomic mass is 19.4. The van der Waals surface area contributed by atoms with E-state index in [1.54, 1.807) is 18.2 Å². The molecular weight excluding hydrogens is 283 g/mol. The van der Waals surface area contributed by atoms with E-state index in [1.165, 1.54) is 0 Å². The molecule has 0 amide bonds. The van der Waals surface area contributed by atoms with E-state index in [-0.39, 0.29) is 11.2 Å². The second-order valence-electron chi connectivity index (χ2n) is 4.90. The van der Waals surface area contributed by atoms with Gasteiger partial charge in [-0.3, -0.25) is 0 Å². The molecule has 0 saturated carbocycles. The largest absolute Gasteiger partial charge is 0.433 e. The smallest absolute Gasteiger partial charge is 0.398 e. The van der Waals surface area contributed by atoms with Crippen LogP contribution in [0.25, 0.3) is 10.9 Å². The zero-order chi connectivity index (χ0) is 15.0. The van der Waals surface area contributed by atoms with Crippen LogP contribution in [0.5, 0.6) is 0 Å². The minimum atomic E-state index is -4.49. The zero-order valence-corrected chi connectivity index (χ0v) is 11.2. The Balaban J connectivity index is 2.04. The molecule has 1 aromatic heterocycles. The van der Waals surface area contributed by atoms with Crippen molar-refractivity contribution >= 4 is 22.3 Å². The Bertz CT molecular complexity index is 666. The highest BCUT2D eigenvalue weighted by Gasteiger charge is 2.33. The third-order valence-electron chi connectivity index (χ3n) is 3.49. The van der Waals surface area contributed by atoms with Crippen LogP contribution in [0.4, 0.5) is 24.5 Å². The third kappa shape index (κ3) is 2.73. The Kier molecular flexibility index (Phi) is 3.36. The number of benzene rings is 1. The predicted octanol–water partition coefficient (Wildman–Crippen LogP) is 2.67. The molecule has 2 aromatic rings. The summed E-state index contributed by atoms with van der Waals surface area (Å²) in [5, 5.41) is 0.534. The first-order valence-corrected chi connectivity index (χ1v) is 6.55. The van der Waals surface area contributed by atoms with Gasteiger partial charge in [0.2, 0.25) is 0 Å². The molecule has 0 atom stereocenters. The number of fused-ring (bicyclic) bond motifs is 1. The van der Waals surface area contributed by atoms with Gasteiger partial charge in [-0.15, -0.1) is 0 Å². The molecule has 0 aliphatic carbocycles. The van der Waals surface area contributed by atoms with Crippen molar-refractivity contribution in [1.29, 1.82) is 0 Å². The van der Waals surface area contributed by atoms with Crippen LogP contribution in [0.2, 0.25) is 0 Å². The fourth-order valence-corrected chi connectivity index (χ4v) is 2.40. The molecule has 1 saturated heterocycles. The Morgan fingerprint density at radius 3 is 2.52 bits per heavy atom. The summed E-state index contributed by atoms with van der Waals surface area (Å²) in [4.78, 5) is 5.76. The minimum Gasteiger partial charge on any atom is -0.398 e. The summed E-state index contributed by atoms with van der Waals surface area (Å²) in [5.41, 5.74) is 6.05. The molecular formula is C14H14F3N3O. The van der Waals surface area contributed by atoms with Gasteiger partial charge in [0, 0.05) is 29.9 Å². The summed E-state index contributed by atoms with van der Waals surface area (Å²) in [7, 11) is 0. The lowest BCUT2D eigenvalue weighted by Crippen LogP contribution is -2.36. The summed E-state index contributed by atoms with van der Waals surface area (Å²) in [6.45, 7) is 2.77. The maximum absolute atomic E-state index is 12.7. The lowest BCUT2D eigenvalue weighted by molar-refractivity contribution is -0.140. The van der Waals surface area contributed by atoms with Crippen molar-refractivity contribution in [3.8, 4) is 0 Å². The normalized spacial score (nSPS) is 16.4. The molecule has 7 heteroatoms. The van der Waals surface area contributed by atoms with Crippen LogP contribution in [-0.4, -0.2) is 31.3 Å². The van der Waals surface area contributed by atoms with Gasteiger partial charge in [0.05, 0.1) is 18.7 Å². The van der Waals surface area contributed by atoms with Gasteiger partial charge in [-0.1, -0.05) is 0 Å². The number of nitrogen functional groups attached to an aromatic ring is 1. The van der Waals surface area contributed by atoms with Crippen molar-refractivity contribution in [3.63, 3.8) is 0 Å². The van der Waals surface area contributed by atoms with Crippen LogP contribution < -0.4 is 10.6 Å². The number of nitrogens with zero attached hydrogens (tertiary/aromatic N) is 2. The summed E-state index contributed by atoms with van der Waals surface area (Å²) in [6.07, 6.45) is -4.49. The number of hydrogen-bond donors (Lipinski definition) is 1. The van der Waals surface area contributed by atoms with Gasteiger partial charge >= 0.3 is 6.18 Å². The average molecular weight is 297 g/mol. The Morgan fingerprint density at radius 2 is 1.86 bits per heavy atom. The standard InChI is InChI=1S/C14H14F3N3O/c15-14(16,17)13-8-11(18)10-7-9(1-2-12(10)19-13)20-3-5-21-6-4-20/h1-2,7-8H,3-6H2,(H2,18,19). The second kappa shape index (κ2) is 5.07. The Labute approximate surface area is 119 Å². The SMILES string of the molecule is Nc1cc(C(F)(F)F)nc2ccc(N3CCOCC3)cc12. The molecule has 1 fully saturated rings. The predicted molar refractivity (Wildman–Crippen MR) is 74.2 cm³/mol. The monoisotopic (exact) mass is 297 g/mol. The van der Waals surface area contributed by atoms with Crippen molar-refractivity contribution in [2.45, 2.75) is 6.18 Å². The fourth-order valence-electron chi connectivity index (χ4n) is 2.40. The molecule has 1 aliphatic rings. The lowest BCUT2D eigenvalue weighted by Gasteiger charge is -2.29. The number of ether oxygens (including phenoxy) is 1. The van der Waals surface area contributed by atoms with E-state index in [4.69, 9.17) is 10.5 Å². The first-order valence-electron chi connectivity index (χ1n) is 6.55. The van der Waals surface area contributed by atoms with Gasteiger partial charge < -0.3 is 15.4 Å². The molecule has 0 radical (unpaired) electrons. The number of morpholine rings is 1. The highest BCUT2D eigenvalue weighted by Crippen LogP contribution is 2.33. The summed E-state index contributed by atoms with van der Waals surface area (Å²) in [6, 6.07) is 6.00. The number of anilines is 2. The van der Waals surface area contributed by atoms with Gasteiger partial charge in [-0.05, 0) is 24.3 Å². The van der Waals surface area contributed by atoms with E-state index < -0.39 is 11.9 Å². The van der Waals surface area contributed by atoms with Gasteiger partial charge in [0.15, 0.2) is 0 Å². The molecule has 2 heterocycles. The maximum Gasteiger partial charge on any atom is 0.433 e. The topological polar surface area (TPSA) is 51.4 Å². The highest BCUT2D eigenvalue weighted by molar-refractivity contribution is 5.92. The molecule has 2 N–H and O–H groups in total. The number of rotatable bonds is 1. The summed E-state index contributed by atoms with van der Waals surface area (Å²) < 4.78 is 43.5. The molecule has 4 nitrogen and oxygen atoms in total. The molecule has 1 aliphatic heterocycles. The fraction of sp³-hybridized carbons (Fsp3) is 0.357. The van der Waals surface area contributed by atoms with Crippen LogP contribution in [0, 0.1) is 0 Å². The van der Waals surface area contributed by atoms with Gasteiger partial charge in [0.25, 0.3) is 0 Å². The summed E-state index contributed by atoms with van der Waals surface area (Å²) in [5.74, 6) is 0. The van der Waals surface area contributed by atoms with E-state index in [0.717, 1.165) is 24.8 Å². The van der Waals surface area contributed by atoms with Crippen LogP contribution in [0.1, 0.15) is 5.69 Å². The van der Waals surface area contributed by atoms with Crippen molar-refractivity contribution in [1.82, 2.24) is 4.98 Å². The average Bonchev–Trinajstić information content (AvgIpc) is 2.47. The number of pyridine rings is 1. The number of alkyl halides is 3. The van der Waals surface area contributed by atoms with Crippen LogP contribution in [0.3, 0.4) is 0 Å². The van der Waals surface area contributed by atoms with Crippen LogP contribution >= 0.6 is 0 Å². The third-order valence-corrected chi connectivity index (χ3v) is 3.49. The molecule has 3 rings (SSSR count).